The summed E-state index contributed by atoms with van der Waals surface area (Å²) < 4.78 is 40.9. The van der Waals surface area contributed by atoms with Gasteiger partial charge >= 0.3 is 6.36 Å². The summed E-state index contributed by atoms with van der Waals surface area (Å²) in [5, 5.41) is 3.72. The van der Waals surface area contributed by atoms with Crippen LogP contribution in [0.3, 0.4) is 0 Å². The molecule has 0 atom stereocenters. The fourth-order valence-corrected chi connectivity index (χ4v) is 1.20. The van der Waals surface area contributed by atoms with Crippen molar-refractivity contribution >= 4 is 5.65 Å². The predicted octanol–water partition coefficient (Wildman–Crippen LogP) is 2.96. The zero-order chi connectivity index (χ0) is 13.1. The minimum absolute atomic E-state index is 0.144. The summed E-state index contributed by atoms with van der Waals surface area (Å²) in [6.07, 6.45) is -3.38. The van der Waals surface area contributed by atoms with Gasteiger partial charge in [0, 0.05) is 6.20 Å². The monoisotopic (exact) mass is 247 g/mol. The molecule has 17 heavy (non-hydrogen) atoms. The van der Waals surface area contributed by atoms with Crippen molar-refractivity contribution in [2.24, 2.45) is 0 Å². The van der Waals surface area contributed by atoms with E-state index in [1.165, 1.54) is 13.1 Å². The molecule has 0 saturated carbocycles. The lowest BCUT2D eigenvalue weighted by molar-refractivity contribution is -0.276. The first-order valence-electron chi connectivity index (χ1n) is 5.03. The van der Waals surface area contributed by atoms with E-state index in [1.54, 1.807) is 12.1 Å². The van der Waals surface area contributed by atoms with Gasteiger partial charge in [0.15, 0.2) is 5.65 Å². The topological polar surface area (TPSA) is 39.4 Å². The van der Waals surface area contributed by atoms with Crippen LogP contribution in [0, 0.1) is 6.92 Å². The van der Waals surface area contributed by atoms with Crippen LogP contribution in [0.5, 0.6) is 5.88 Å². The van der Waals surface area contributed by atoms with Crippen LogP contribution in [-0.2, 0) is 0 Å². The molecule has 2 aromatic heterocycles. The van der Waals surface area contributed by atoms with Gasteiger partial charge in [-0.1, -0.05) is 13.8 Å². The minimum Gasteiger partial charge on any atom is -0.386 e. The fraction of sp³-hybridized carbons (Fsp3) is 0.400. The standard InChI is InChI=1S/C8H6F3N3O.C2H6/c1-5-7(15-8(9,10)11)14-6(13-5)3-2-4-12-14;1-2/h2-4H,1H3;1-2H3. The molecule has 0 aliphatic carbocycles. The number of hydrogen-bond acceptors (Lipinski definition) is 3. The van der Waals surface area contributed by atoms with Crippen molar-refractivity contribution in [2.45, 2.75) is 27.1 Å². The molecule has 0 radical (unpaired) electrons. The van der Waals surface area contributed by atoms with Crippen molar-refractivity contribution in [3.8, 4) is 5.88 Å². The molecule has 2 aromatic rings. The Labute approximate surface area is 96.0 Å². The number of aromatic nitrogens is 3. The Morgan fingerprint density at radius 1 is 1.29 bits per heavy atom. The van der Waals surface area contributed by atoms with Crippen molar-refractivity contribution in [1.82, 2.24) is 14.6 Å². The van der Waals surface area contributed by atoms with Crippen molar-refractivity contribution in [3.05, 3.63) is 24.0 Å². The lowest BCUT2D eigenvalue weighted by atomic mass is 10.5. The first-order valence-corrected chi connectivity index (χ1v) is 5.03. The van der Waals surface area contributed by atoms with Gasteiger partial charge in [-0.2, -0.15) is 9.61 Å². The Bertz CT molecular complexity index is 493. The van der Waals surface area contributed by atoms with Crippen LogP contribution in [0.15, 0.2) is 18.3 Å². The molecule has 0 unspecified atom stereocenters. The Hall–Kier alpha value is -1.79. The zero-order valence-corrected chi connectivity index (χ0v) is 9.62. The SMILES string of the molecule is CC.Cc1nc2cccnn2c1OC(F)(F)F. The molecule has 0 aliphatic rings. The van der Waals surface area contributed by atoms with Gasteiger partial charge in [-0.3, -0.25) is 0 Å². The molecule has 0 aromatic carbocycles. The Morgan fingerprint density at radius 2 is 1.94 bits per heavy atom. The second-order valence-corrected chi connectivity index (χ2v) is 2.84. The zero-order valence-electron chi connectivity index (χ0n) is 9.62. The van der Waals surface area contributed by atoms with Gasteiger partial charge < -0.3 is 4.74 Å². The van der Waals surface area contributed by atoms with Crippen LogP contribution in [0.4, 0.5) is 13.2 Å². The lowest BCUT2D eigenvalue weighted by Gasteiger charge is -2.07. The number of halogens is 3. The maximum atomic E-state index is 12.0. The third-order valence-electron chi connectivity index (χ3n) is 1.73. The molecule has 0 aliphatic heterocycles. The molecular formula is C10H12F3N3O. The van der Waals surface area contributed by atoms with E-state index >= 15 is 0 Å². The summed E-state index contributed by atoms with van der Waals surface area (Å²) in [6, 6.07) is 3.13. The third kappa shape index (κ3) is 3.08. The van der Waals surface area contributed by atoms with Crippen LogP contribution >= 0.6 is 0 Å². The summed E-state index contributed by atoms with van der Waals surface area (Å²) in [4.78, 5) is 3.87. The van der Waals surface area contributed by atoms with Crippen molar-refractivity contribution in [1.29, 1.82) is 0 Å². The normalized spacial score (nSPS) is 10.9. The van der Waals surface area contributed by atoms with Crippen molar-refractivity contribution in [2.75, 3.05) is 0 Å². The molecule has 0 saturated heterocycles. The Kier molecular flexibility index (Phi) is 3.93. The first-order chi connectivity index (χ1) is 7.97. The van der Waals surface area contributed by atoms with Gasteiger partial charge in [0.1, 0.15) is 5.69 Å². The van der Waals surface area contributed by atoms with Gasteiger partial charge in [-0.25, -0.2) is 4.98 Å². The van der Waals surface area contributed by atoms with E-state index in [4.69, 9.17) is 0 Å². The van der Waals surface area contributed by atoms with Crippen LogP contribution in [0.2, 0.25) is 0 Å². The number of hydrogen-bond donors (Lipinski definition) is 0. The van der Waals surface area contributed by atoms with E-state index in [2.05, 4.69) is 14.8 Å². The Morgan fingerprint density at radius 3 is 2.53 bits per heavy atom. The summed E-state index contributed by atoms with van der Waals surface area (Å²) >= 11 is 0. The van der Waals surface area contributed by atoms with Gasteiger partial charge in [-0.15, -0.1) is 13.2 Å². The number of rotatable bonds is 1. The van der Waals surface area contributed by atoms with Gasteiger partial charge in [0.25, 0.3) is 0 Å². The summed E-state index contributed by atoms with van der Waals surface area (Å²) in [5.74, 6) is -0.405. The highest BCUT2D eigenvalue weighted by atomic mass is 19.4. The predicted molar refractivity (Wildman–Crippen MR) is 55.8 cm³/mol. The van der Waals surface area contributed by atoms with E-state index in [0.29, 0.717) is 5.65 Å². The van der Waals surface area contributed by atoms with E-state index in [9.17, 15) is 13.2 Å². The molecule has 94 valence electrons. The summed E-state index contributed by atoms with van der Waals surface area (Å²) in [7, 11) is 0. The number of nitrogens with zero attached hydrogens (tertiary/aromatic N) is 3. The van der Waals surface area contributed by atoms with Crippen molar-refractivity contribution in [3.63, 3.8) is 0 Å². The van der Waals surface area contributed by atoms with Crippen LogP contribution in [-0.4, -0.2) is 21.0 Å². The molecule has 0 amide bonds. The van der Waals surface area contributed by atoms with E-state index in [1.807, 2.05) is 13.8 Å². The lowest BCUT2D eigenvalue weighted by Crippen LogP contribution is -2.19. The highest BCUT2D eigenvalue weighted by Crippen LogP contribution is 2.25. The number of alkyl halides is 3. The number of fused-ring (bicyclic) bond motifs is 1. The van der Waals surface area contributed by atoms with Gasteiger partial charge in [0.2, 0.25) is 5.88 Å². The molecule has 2 rings (SSSR count). The van der Waals surface area contributed by atoms with E-state index in [-0.39, 0.29) is 5.69 Å². The summed E-state index contributed by atoms with van der Waals surface area (Å²) in [6.45, 7) is 5.43. The maximum absolute atomic E-state index is 12.0. The quantitative estimate of drug-likeness (QED) is 0.777. The second kappa shape index (κ2) is 5.03. The van der Waals surface area contributed by atoms with Gasteiger partial charge in [0.05, 0.1) is 0 Å². The van der Waals surface area contributed by atoms with Crippen molar-refractivity contribution < 1.29 is 17.9 Å². The third-order valence-corrected chi connectivity index (χ3v) is 1.73. The molecular weight excluding hydrogens is 235 g/mol. The average molecular weight is 247 g/mol. The number of ether oxygens (including phenoxy) is 1. The van der Waals surface area contributed by atoms with Crippen LogP contribution < -0.4 is 4.74 Å². The molecule has 4 nitrogen and oxygen atoms in total. The van der Waals surface area contributed by atoms with Gasteiger partial charge in [-0.05, 0) is 19.1 Å². The largest absolute Gasteiger partial charge is 0.574 e. The smallest absolute Gasteiger partial charge is 0.386 e. The number of aryl methyl sites for hydroxylation is 1. The molecule has 0 fully saturated rings. The minimum atomic E-state index is -4.74. The highest BCUT2D eigenvalue weighted by Gasteiger charge is 2.33. The van der Waals surface area contributed by atoms with E-state index < -0.39 is 12.2 Å². The van der Waals surface area contributed by atoms with Crippen LogP contribution in [0.1, 0.15) is 19.5 Å². The number of imidazole rings is 1. The highest BCUT2D eigenvalue weighted by molar-refractivity contribution is 5.43. The second-order valence-electron chi connectivity index (χ2n) is 2.84. The summed E-state index contributed by atoms with van der Waals surface area (Å²) in [5.41, 5.74) is 0.459. The molecule has 7 heteroatoms. The fourth-order valence-electron chi connectivity index (χ4n) is 1.20. The molecule has 2 heterocycles. The Balaban J connectivity index is 0.000000686. The molecule has 0 spiro atoms. The molecule has 0 bridgehead atoms. The molecule has 0 N–H and O–H groups in total. The average Bonchev–Trinajstić information content (AvgIpc) is 2.57. The maximum Gasteiger partial charge on any atom is 0.574 e. The van der Waals surface area contributed by atoms with Crippen LogP contribution in [0.25, 0.3) is 5.65 Å². The first kappa shape index (κ1) is 13.3. The van der Waals surface area contributed by atoms with E-state index in [0.717, 1.165) is 4.52 Å².